The number of hydrogen-bond donors (Lipinski definition) is 0. The lowest BCUT2D eigenvalue weighted by Crippen LogP contribution is -2.47. The van der Waals surface area contributed by atoms with Gasteiger partial charge in [-0.2, -0.15) is 0 Å². The van der Waals surface area contributed by atoms with Gasteiger partial charge in [0.25, 0.3) is 0 Å². The quantitative estimate of drug-likeness (QED) is 0.0978. The molecule has 6 heteroatoms. The zero-order valence-electron chi connectivity index (χ0n) is 32.7. The van der Waals surface area contributed by atoms with Gasteiger partial charge < -0.3 is 23.7 Å². The molecule has 8 rings (SSSR count). The molecule has 2 heterocycles. The van der Waals surface area contributed by atoms with Gasteiger partial charge in [0.05, 0.1) is 38.6 Å². The molecule has 290 valence electrons. The molecule has 1 aromatic heterocycles. The van der Waals surface area contributed by atoms with Gasteiger partial charge in [-0.1, -0.05) is 140 Å². The van der Waals surface area contributed by atoms with Gasteiger partial charge in [-0.15, -0.1) is 11.3 Å². The molecule has 4 unspecified atom stereocenters. The molecule has 0 N–H and O–H groups in total. The van der Waals surface area contributed by atoms with Gasteiger partial charge in [-0.05, 0) is 76.4 Å². The van der Waals surface area contributed by atoms with E-state index < -0.39 is 12.2 Å². The van der Waals surface area contributed by atoms with Crippen LogP contribution >= 0.6 is 11.3 Å². The van der Waals surface area contributed by atoms with Crippen molar-refractivity contribution >= 4 is 21.4 Å². The van der Waals surface area contributed by atoms with Crippen LogP contribution in [0.15, 0.2) is 158 Å². The first kappa shape index (κ1) is 38.8. The number of benzene rings is 6. The summed E-state index contributed by atoms with van der Waals surface area (Å²) in [4.78, 5) is 1.32. The molecule has 0 saturated carbocycles. The maximum Gasteiger partial charge on any atom is 0.128 e. The summed E-state index contributed by atoms with van der Waals surface area (Å²) in [7, 11) is 0. The highest BCUT2D eigenvalue weighted by atomic mass is 32.1. The van der Waals surface area contributed by atoms with Crippen molar-refractivity contribution in [1.29, 1.82) is 0 Å². The van der Waals surface area contributed by atoms with Crippen molar-refractivity contribution in [2.75, 3.05) is 6.61 Å². The fourth-order valence-corrected chi connectivity index (χ4v) is 8.77. The van der Waals surface area contributed by atoms with E-state index in [0.717, 1.165) is 45.6 Å². The van der Waals surface area contributed by atoms with Gasteiger partial charge in [0.15, 0.2) is 0 Å². The SMILES string of the molecule is Cc1c(Cc2cc3ccccc3s2)cc(C2OC(COCc3ccccc3)CC(OCc3ccccc3)C2OCc2ccccc2)c(OCc2ccccc2)c1C. The zero-order chi connectivity index (χ0) is 38.8. The van der Waals surface area contributed by atoms with Gasteiger partial charge >= 0.3 is 0 Å². The summed E-state index contributed by atoms with van der Waals surface area (Å²) in [6.45, 7) is 6.64. The van der Waals surface area contributed by atoms with E-state index in [9.17, 15) is 0 Å². The lowest BCUT2D eigenvalue weighted by molar-refractivity contribution is -0.219. The van der Waals surface area contributed by atoms with E-state index in [0.29, 0.717) is 39.5 Å². The van der Waals surface area contributed by atoms with Crippen molar-refractivity contribution in [3.63, 3.8) is 0 Å². The second-order valence-corrected chi connectivity index (χ2v) is 16.1. The number of thiophene rings is 1. The average molecular weight is 775 g/mol. The topological polar surface area (TPSA) is 46.2 Å². The summed E-state index contributed by atoms with van der Waals surface area (Å²) < 4.78 is 35.7. The third-order valence-corrected chi connectivity index (χ3v) is 12.0. The minimum absolute atomic E-state index is 0.245. The van der Waals surface area contributed by atoms with Crippen molar-refractivity contribution in [2.45, 2.75) is 77.5 Å². The Balaban J connectivity index is 1.19. The fraction of sp³-hybridized carbons (Fsp3) is 0.255. The largest absolute Gasteiger partial charge is 0.488 e. The highest BCUT2D eigenvalue weighted by molar-refractivity contribution is 7.19. The van der Waals surface area contributed by atoms with Crippen LogP contribution in [0.5, 0.6) is 5.75 Å². The predicted molar refractivity (Wildman–Crippen MR) is 230 cm³/mol. The third-order valence-electron chi connectivity index (χ3n) is 10.9. The lowest BCUT2D eigenvalue weighted by atomic mass is 9.87. The standard InChI is InChI=1S/C51H50O5S/c1-36-37(2)49(54-33-40-21-11-5-12-22-40)46(29-43(36)28-45-27-42-25-15-16-26-48(42)57-45)50-51(55-34-41-23-13-6-14-24-41)47(53-32-39-19-9-4-10-20-39)30-44(56-50)35-52-31-38-17-7-3-8-18-38/h3-27,29,44,47,50-51H,28,30-35H2,1-2H3. The molecular formula is C51H50O5S. The molecule has 1 aliphatic rings. The normalized spacial score (nSPS) is 18.1. The van der Waals surface area contributed by atoms with Crippen LogP contribution in [0, 0.1) is 13.8 Å². The van der Waals surface area contributed by atoms with Crippen LogP contribution in [-0.4, -0.2) is 24.9 Å². The van der Waals surface area contributed by atoms with Crippen molar-refractivity contribution in [2.24, 2.45) is 0 Å². The van der Waals surface area contributed by atoms with Crippen LogP contribution in [0.4, 0.5) is 0 Å². The van der Waals surface area contributed by atoms with Crippen LogP contribution in [-0.2, 0) is 51.8 Å². The highest BCUT2D eigenvalue weighted by Crippen LogP contribution is 2.44. The number of ether oxygens (including phenoxy) is 5. The molecule has 6 aromatic carbocycles. The van der Waals surface area contributed by atoms with Gasteiger partial charge in [-0.3, -0.25) is 0 Å². The van der Waals surface area contributed by atoms with E-state index in [2.05, 4.69) is 135 Å². The van der Waals surface area contributed by atoms with Gasteiger partial charge in [0.1, 0.15) is 24.6 Å². The Labute approximate surface area is 340 Å². The smallest absolute Gasteiger partial charge is 0.128 e. The summed E-state index contributed by atoms with van der Waals surface area (Å²) in [6.07, 6.45) is -0.0366. The molecule has 4 atom stereocenters. The third kappa shape index (κ3) is 9.90. The Morgan fingerprint density at radius 2 is 1.16 bits per heavy atom. The molecule has 1 saturated heterocycles. The van der Waals surface area contributed by atoms with E-state index >= 15 is 0 Å². The van der Waals surface area contributed by atoms with E-state index in [-0.39, 0.29) is 12.2 Å². The van der Waals surface area contributed by atoms with E-state index in [1.54, 1.807) is 0 Å². The molecule has 0 amide bonds. The molecule has 1 fully saturated rings. The van der Waals surface area contributed by atoms with Crippen LogP contribution < -0.4 is 4.74 Å². The number of hydrogen-bond acceptors (Lipinski definition) is 6. The highest BCUT2D eigenvalue weighted by Gasteiger charge is 2.43. The number of rotatable bonds is 16. The summed E-state index contributed by atoms with van der Waals surface area (Å²) in [5.74, 6) is 0.836. The zero-order valence-corrected chi connectivity index (χ0v) is 33.5. The average Bonchev–Trinajstić information content (AvgIpc) is 3.67. The second-order valence-electron chi connectivity index (χ2n) is 14.9. The molecular weight excluding hydrogens is 725 g/mol. The Bertz CT molecular complexity index is 2280. The first-order valence-corrected chi connectivity index (χ1v) is 20.7. The van der Waals surface area contributed by atoms with Gasteiger partial charge in [0, 0.05) is 28.0 Å². The molecule has 7 aromatic rings. The molecule has 0 radical (unpaired) electrons. The Morgan fingerprint density at radius 1 is 0.596 bits per heavy atom. The summed E-state index contributed by atoms with van der Waals surface area (Å²) >= 11 is 1.85. The van der Waals surface area contributed by atoms with Crippen LogP contribution in [0.1, 0.15) is 61.9 Å². The Hall–Kier alpha value is -5.08. The van der Waals surface area contributed by atoms with Gasteiger partial charge in [-0.25, -0.2) is 0 Å². The van der Waals surface area contributed by atoms with Crippen molar-refractivity contribution < 1.29 is 23.7 Å². The monoisotopic (exact) mass is 774 g/mol. The van der Waals surface area contributed by atoms with Crippen molar-refractivity contribution in [1.82, 2.24) is 0 Å². The molecule has 0 spiro atoms. The molecule has 57 heavy (non-hydrogen) atoms. The molecule has 1 aliphatic heterocycles. The predicted octanol–water partition coefficient (Wildman–Crippen LogP) is 11.9. The van der Waals surface area contributed by atoms with Gasteiger partial charge in [0.2, 0.25) is 0 Å². The van der Waals surface area contributed by atoms with E-state index in [1.165, 1.54) is 26.1 Å². The van der Waals surface area contributed by atoms with Crippen molar-refractivity contribution in [3.8, 4) is 5.75 Å². The lowest BCUT2D eigenvalue weighted by Gasteiger charge is -2.42. The summed E-state index contributed by atoms with van der Waals surface area (Å²) in [5.41, 5.74) is 8.99. The van der Waals surface area contributed by atoms with Crippen molar-refractivity contribution in [3.05, 3.63) is 207 Å². The first-order chi connectivity index (χ1) is 28.1. The molecule has 5 nitrogen and oxygen atoms in total. The number of fused-ring (bicyclic) bond motifs is 1. The van der Waals surface area contributed by atoms with E-state index in [4.69, 9.17) is 23.7 Å². The van der Waals surface area contributed by atoms with Crippen LogP contribution in [0.25, 0.3) is 10.1 Å². The maximum absolute atomic E-state index is 7.23. The fourth-order valence-electron chi connectivity index (χ4n) is 7.69. The van der Waals surface area contributed by atoms with E-state index in [1.807, 2.05) is 47.7 Å². The Kier molecular flexibility index (Phi) is 12.9. The maximum atomic E-state index is 7.23. The summed E-state index contributed by atoms with van der Waals surface area (Å²) in [6, 6.07) is 54.6. The van der Waals surface area contributed by atoms with Crippen LogP contribution in [0.2, 0.25) is 0 Å². The second kappa shape index (κ2) is 18.9. The Morgan fingerprint density at radius 3 is 1.79 bits per heavy atom. The first-order valence-electron chi connectivity index (χ1n) is 19.9. The molecule has 0 aliphatic carbocycles. The van der Waals surface area contributed by atoms with Crippen LogP contribution in [0.3, 0.4) is 0 Å². The summed E-state index contributed by atoms with van der Waals surface area (Å²) in [5, 5.41) is 1.27. The minimum Gasteiger partial charge on any atom is -0.488 e. The minimum atomic E-state index is -0.500. The molecule has 0 bridgehead atoms.